The number of hydrogen-bond donors (Lipinski definition) is 0. The molecule has 0 aliphatic rings. The Bertz CT molecular complexity index is 6.00. The third-order valence-corrected chi connectivity index (χ3v) is 0. The molecule has 0 nitrogen and oxygen atoms in total. The van der Waals surface area contributed by atoms with Gasteiger partial charge in [0.2, 0.25) is 0 Å². The molecule has 0 amide bonds. The van der Waals surface area contributed by atoms with Crippen LogP contribution in [0.1, 0.15) is 7.43 Å². The average Bonchev–Trinajstić information content (AvgIpc) is 0.918. The van der Waals surface area contributed by atoms with E-state index in [2.05, 4.69) is 0 Å². The minimum absolute atomic E-state index is 0. The molecule has 0 unspecified atom stereocenters. The molecule has 0 aliphatic carbocycles. The van der Waals surface area contributed by atoms with E-state index in [1.807, 2.05) is 0 Å². The maximum absolute atomic E-state index is 9.74. The van der Waals surface area contributed by atoms with Crippen molar-refractivity contribution in [1.29, 1.82) is 0 Å². The molecule has 0 atom stereocenters. The van der Waals surface area contributed by atoms with Crippen LogP contribution in [0, 0.1) is 0 Å². The van der Waals surface area contributed by atoms with Crippen LogP contribution in [0.4, 0.5) is 5.72 Å². The molecule has 0 aromatic rings. The van der Waals surface area contributed by atoms with E-state index >= 15 is 0 Å². The molecule has 0 saturated heterocycles. The molecule has 0 bridgehead atoms. The van der Waals surface area contributed by atoms with Gasteiger partial charge in [-0.3, -0.25) is 0 Å². The van der Waals surface area contributed by atoms with Crippen molar-refractivity contribution in [1.82, 2.24) is 0 Å². The van der Waals surface area contributed by atoms with Gasteiger partial charge in [0.15, 0.2) is 0 Å². The van der Waals surface area contributed by atoms with Gasteiger partial charge >= 0.3 is 28.1 Å². The van der Waals surface area contributed by atoms with Crippen molar-refractivity contribution in [3.8, 4) is 0 Å². The summed E-state index contributed by atoms with van der Waals surface area (Å²) >= 11 is -2.41. The molecule has 0 aromatic heterocycles. The van der Waals surface area contributed by atoms with Crippen molar-refractivity contribution in [3.63, 3.8) is 0 Å². The molecule has 0 aliphatic heterocycles. The van der Waals surface area contributed by atoms with E-state index < -0.39 is 22.4 Å². The van der Waals surface area contributed by atoms with Gasteiger partial charge in [-0.25, -0.2) is 0 Å². The summed E-state index contributed by atoms with van der Waals surface area (Å²) in [6.07, 6.45) is 0. The Morgan fingerprint density at radius 1 is 1.25 bits per heavy atom. The Morgan fingerprint density at radius 3 is 1.25 bits per heavy atom. The Hall–Kier alpha value is 0.590. The van der Waals surface area contributed by atoms with Crippen LogP contribution in [0.5, 0.6) is 0 Å². The van der Waals surface area contributed by atoms with Crippen molar-refractivity contribution < 1.29 is 28.1 Å². The van der Waals surface area contributed by atoms with Gasteiger partial charge in [-0.1, -0.05) is 7.43 Å². The summed E-state index contributed by atoms with van der Waals surface area (Å²) < 4.78 is 19.5. The average molecular weight is 181 g/mol. The summed E-state index contributed by atoms with van der Waals surface area (Å²) in [5.41, 5.74) is 0. The first-order valence-corrected chi connectivity index (χ1v) is 1.92. The molecular formula is CH4F2I-. The van der Waals surface area contributed by atoms with Crippen molar-refractivity contribution in [2.24, 2.45) is 0 Å². The minimum atomic E-state index is -2.41. The quantitative estimate of drug-likeness (QED) is 0.398. The summed E-state index contributed by atoms with van der Waals surface area (Å²) in [6.45, 7) is 0. The molecule has 0 saturated carbocycles. The van der Waals surface area contributed by atoms with Crippen molar-refractivity contribution in [3.05, 3.63) is 0 Å². The zero-order chi connectivity index (χ0) is 2.71. The van der Waals surface area contributed by atoms with Crippen LogP contribution in [0.15, 0.2) is 0 Å². The van der Waals surface area contributed by atoms with Gasteiger partial charge in [0.05, 0.1) is 0 Å². The third kappa shape index (κ3) is 18.8. The fourth-order valence-electron chi connectivity index (χ4n) is 0. The Balaban J connectivity index is 0. The van der Waals surface area contributed by atoms with Gasteiger partial charge in [0.1, 0.15) is 0 Å². The van der Waals surface area contributed by atoms with Gasteiger partial charge < -0.3 is 0 Å². The predicted octanol–water partition coefficient (Wildman–Crippen LogP) is -1.52. The van der Waals surface area contributed by atoms with E-state index in [-0.39, 0.29) is 7.43 Å². The predicted molar refractivity (Wildman–Crippen MR) is 8.95 cm³/mol. The summed E-state index contributed by atoms with van der Waals surface area (Å²) in [5.74, 6) is 0. The summed E-state index contributed by atoms with van der Waals surface area (Å²) in [4.78, 5) is 0. The van der Waals surface area contributed by atoms with Crippen LogP contribution >= 0.6 is 0 Å². The van der Waals surface area contributed by atoms with Gasteiger partial charge in [0, 0.05) is 0 Å². The Labute approximate surface area is 36.0 Å². The van der Waals surface area contributed by atoms with Gasteiger partial charge in [0.25, 0.3) is 0 Å². The zero-order valence-electron chi connectivity index (χ0n) is 1.13. The standard InChI is InChI=1S/CH4.F2I/c;1-3-2/h1H4;/q;-1. The molecule has 0 fully saturated rings. The number of halogens is 3. The van der Waals surface area contributed by atoms with Crippen molar-refractivity contribution in [2.75, 3.05) is 0 Å². The van der Waals surface area contributed by atoms with Crippen LogP contribution in [0.25, 0.3) is 0 Å². The second kappa shape index (κ2) is 9.53. The Morgan fingerprint density at radius 2 is 1.25 bits per heavy atom. The summed E-state index contributed by atoms with van der Waals surface area (Å²) in [6, 6.07) is 0. The first-order chi connectivity index (χ1) is 1.41. The first-order valence-electron chi connectivity index (χ1n) is 0.286. The molecule has 0 aromatic carbocycles. The van der Waals surface area contributed by atoms with Gasteiger partial charge in [-0.15, -0.1) is 0 Å². The topological polar surface area (TPSA) is 0 Å². The molecule has 30 valence electrons. The zero-order valence-corrected chi connectivity index (χ0v) is 3.29. The maximum atomic E-state index is 9.74. The van der Waals surface area contributed by atoms with Gasteiger partial charge in [-0.05, 0) is 0 Å². The van der Waals surface area contributed by atoms with Crippen LogP contribution in [0.2, 0.25) is 0 Å². The fraction of sp³-hybridized carbons (Fsp3) is 1.00. The molecule has 0 spiro atoms. The van der Waals surface area contributed by atoms with Crippen molar-refractivity contribution >= 4 is 0 Å². The van der Waals surface area contributed by atoms with Crippen LogP contribution in [-0.4, -0.2) is 0 Å². The van der Waals surface area contributed by atoms with E-state index in [1.54, 1.807) is 0 Å². The number of hydrogen-bond acceptors (Lipinski definition) is 0. The molecule has 3 heteroatoms. The second-order valence-corrected chi connectivity index (χ2v) is 0.362. The van der Waals surface area contributed by atoms with E-state index in [4.69, 9.17) is 0 Å². The van der Waals surface area contributed by atoms with E-state index in [0.29, 0.717) is 0 Å². The molecule has 0 radical (unpaired) electrons. The summed E-state index contributed by atoms with van der Waals surface area (Å²) in [5, 5.41) is 0. The third-order valence-electron chi connectivity index (χ3n) is 0. The molecule has 0 N–H and O–H groups in total. The van der Waals surface area contributed by atoms with Crippen molar-refractivity contribution in [2.45, 2.75) is 7.43 Å². The van der Waals surface area contributed by atoms with E-state index in [9.17, 15) is 5.72 Å². The van der Waals surface area contributed by atoms with Gasteiger partial charge in [-0.2, -0.15) is 0 Å². The second-order valence-electron chi connectivity index (χ2n) is 0.0540. The van der Waals surface area contributed by atoms with Crippen LogP contribution in [-0.2, 0) is 0 Å². The number of rotatable bonds is 0. The SMILES string of the molecule is C.F[I-]F. The molecule has 4 heavy (non-hydrogen) atoms. The van der Waals surface area contributed by atoms with Crippen LogP contribution in [0.3, 0.4) is 0 Å². The summed E-state index contributed by atoms with van der Waals surface area (Å²) in [7, 11) is 0. The molecule has 0 rings (SSSR count). The molecular weight excluding hydrogens is 177 g/mol. The first kappa shape index (κ1) is 8.82. The monoisotopic (exact) mass is 181 g/mol. The van der Waals surface area contributed by atoms with E-state index in [1.165, 1.54) is 0 Å². The molecule has 0 heterocycles. The fourth-order valence-corrected chi connectivity index (χ4v) is 0. The Kier molecular flexibility index (Phi) is 21.0. The van der Waals surface area contributed by atoms with Crippen LogP contribution < -0.4 is 22.4 Å². The van der Waals surface area contributed by atoms with E-state index in [0.717, 1.165) is 0 Å². The normalized spacial score (nSPS) is 5.50.